The maximum Gasteiger partial charge on any atom is 0.150 e. The third kappa shape index (κ3) is 1.74. The number of hydrogen-bond donors (Lipinski definition) is 0. The molecule has 2 heteroatoms. The lowest BCUT2D eigenvalue weighted by atomic mass is 10.1. The third-order valence-electron chi connectivity index (χ3n) is 1.39. The van der Waals surface area contributed by atoms with Crippen LogP contribution < -0.4 is 0 Å². The van der Waals surface area contributed by atoms with Crippen molar-refractivity contribution in [2.75, 3.05) is 0 Å². The van der Waals surface area contributed by atoms with Crippen molar-refractivity contribution in [2.24, 2.45) is 0 Å². The Bertz CT molecular complexity index is 263. The lowest BCUT2D eigenvalue weighted by Crippen LogP contribution is -1.86. The Hall–Kier alpha value is -1.44. The molecule has 0 amide bonds. The first-order valence-electron chi connectivity index (χ1n) is 3.28. The number of aldehydes is 2. The van der Waals surface area contributed by atoms with Gasteiger partial charge in [0.05, 0.1) is 0 Å². The van der Waals surface area contributed by atoms with Gasteiger partial charge in [0.1, 0.15) is 12.6 Å². The molecule has 0 fully saturated rings. The lowest BCUT2D eigenvalue weighted by molar-refractivity contribution is 0.112. The highest BCUT2D eigenvalue weighted by Crippen LogP contribution is 2.05. The van der Waals surface area contributed by atoms with E-state index in [1.165, 1.54) is 0 Å². The van der Waals surface area contributed by atoms with Gasteiger partial charge in [-0.05, 0) is 30.7 Å². The summed E-state index contributed by atoms with van der Waals surface area (Å²) in [4.78, 5) is 20.6. The van der Waals surface area contributed by atoms with E-state index in [1.807, 2.05) is 6.92 Å². The normalized spacial score (nSPS) is 9.18. The summed E-state index contributed by atoms with van der Waals surface area (Å²) in [5.41, 5.74) is 2.02. The molecule has 0 spiro atoms. The molecule has 0 atom stereocenters. The average molecular weight is 148 g/mol. The maximum atomic E-state index is 10.3. The Balaban J connectivity index is 3.21. The van der Waals surface area contributed by atoms with Crippen molar-refractivity contribution in [3.05, 3.63) is 34.9 Å². The van der Waals surface area contributed by atoms with Crippen LogP contribution in [-0.2, 0) is 0 Å². The molecule has 0 aliphatic rings. The van der Waals surface area contributed by atoms with Crippen LogP contribution in [0.4, 0.5) is 0 Å². The van der Waals surface area contributed by atoms with Gasteiger partial charge in [-0.15, -0.1) is 0 Å². The Kier molecular flexibility index (Phi) is 2.16. The zero-order chi connectivity index (χ0) is 8.27. The fourth-order valence-electron chi connectivity index (χ4n) is 0.979. The molecule has 0 saturated heterocycles. The molecule has 1 aromatic rings. The van der Waals surface area contributed by atoms with Crippen LogP contribution in [0.5, 0.6) is 0 Å². The second-order valence-corrected chi connectivity index (χ2v) is 2.41. The van der Waals surface area contributed by atoms with Crippen LogP contribution in [-0.4, -0.2) is 12.6 Å². The van der Waals surface area contributed by atoms with Crippen LogP contribution >= 0.6 is 0 Å². The van der Waals surface area contributed by atoms with Crippen LogP contribution in [0, 0.1) is 6.92 Å². The summed E-state index contributed by atoms with van der Waals surface area (Å²) in [5, 5.41) is 0. The first kappa shape index (κ1) is 7.66. The van der Waals surface area contributed by atoms with E-state index in [-0.39, 0.29) is 0 Å². The lowest BCUT2D eigenvalue weighted by Gasteiger charge is -1.95. The van der Waals surface area contributed by atoms with E-state index in [2.05, 4.69) is 0 Å². The van der Waals surface area contributed by atoms with Crippen molar-refractivity contribution in [3.8, 4) is 0 Å². The fourth-order valence-corrected chi connectivity index (χ4v) is 0.979. The molecule has 0 aliphatic carbocycles. The zero-order valence-corrected chi connectivity index (χ0v) is 6.20. The largest absolute Gasteiger partial charge is 0.298 e. The maximum absolute atomic E-state index is 10.3. The predicted octanol–water partition coefficient (Wildman–Crippen LogP) is 1.62. The molecule has 1 rings (SSSR count). The number of carbonyl (C=O) groups is 2. The summed E-state index contributed by atoms with van der Waals surface area (Å²) in [5.74, 6) is 0. The van der Waals surface area contributed by atoms with Gasteiger partial charge >= 0.3 is 0 Å². The van der Waals surface area contributed by atoms with Crippen molar-refractivity contribution < 1.29 is 9.59 Å². The molecule has 2 nitrogen and oxygen atoms in total. The van der Waals surface area contributed by atoms with Crippen molar-refractivity contribution in [1.82, 2.24) is 0 Å². The molecule has 0 aliphatic heterocycles. The second-order valence-electron chi connectivity index (χ2n) is 2.41. The minimum Gasteiger partial charge on any atom is -0.298 e. The first-order chi connectivity index (χ1) is 5.26. The zero-order valence-electron chi connectivity index (χ0n) is 6.20. The second kappa shape index (κ2) is 3.10. The number of aryl methyl sites for hydroxylation is 1. The highest BCUT2D eigenvalue weighted by atomic mass is 16.1. The molecule has 0 radical (unpaired) electrons. The molecule has 11 heavy (non-hydrogen) atoms. The minimum atomic E-state index is 0.548. The average Bonchev–Trinajstić information content (AvgIpc) is 2.03. The Morgan fingerprint density at radius 1 is 1.00 bits per heavy atom. The number of benzene rings is 1. The summed E-state index contributed by atoms with van der Waals surface area (Å²) < 4.78 is 0. The van der Waals surface area contributed by atoms with Crippen molar-refractivity contribution in [2.45, 2.75) is 6.92 Å². The molecule has 0 unspecified atom stereocenters. The molecule has 0 N–H and O–H groups in total. The van der Waals surface area contributed by atoms with Crippen molar-refractivity contribution in [1.29, 1.82) is 0 Å². The molecule has 1 aromatic carbocycles. The summed E-state index contributed by atoms with van der Waals surface area (Å²) in [6.07, 6.45) is 1.47. The quantitative estimate of drug-likeness (QED) is 0.597. The van der Waals surface area contributed by atoms with E-state index < -0.39 is 0 Å². The van der Waals surface area contributed by atoms with Gasteiger partial charge in [-0.1, -0.05) is 0 Å². The van der Waals surface area contributed by atoms with Crippen LogP contribution in [0.3, 0.4) is 0 Å². The SMILES string of the molecule is Cc1cc(C=O)cc(C=O)c1. The van der Waals surface area contributed by atoms with Gasteiger partial charge in [0.15, 0.2) is 0 Å². The topological polar surface area (TPSA) is 34.1 Å². The van der Waals surface area contributed by atoms with E-state index in [0.29, 0.717) is 11.1 Å². The van der Waals surface area contributed by atoms with Gasteiger partial charge in [-0.25, -0.2) is 0 Å². The fraction of sp³-hybridized carbons (Fsp3) is 0.111. The number of carbonyl (C=O) groups excluding carboxylic acids is 2. The molecular weight excluding hydrogens is 140 g/mol. The number of rotatable bonds is 2. The van der Waals surface area contributed by atoms with E-state index in [0.717, 1.165) is 18.1 Å². The molecule has 0 heterocycles. The summed E-state index contributed by atoms with van der Waals surface area (Å²) in [6.45, 7) is 1.85. The van der Waals surface area contributed by atoms with Crippen LogP contribution in [0.2, 0.25) is 0 Å². The van der Waals surface area contributed by atoms with Gasteiger partial charge in [-0.3, -0.25) is 9.59 Å². The van der Waals surface area contributed by atoms with E-state index >= 15 is 0 Å². The summed E-state index contributed by atoms with van der Waals surface area (Å²) in [6, 6.07) is 5.03. The van der Waals surface area contributed by atoms with Gasteiger partial charge in [0.2, 0.25) is 0 Å². The van der Waals surface area contributed by atoms with E-state index in [9.17, 15) is 9.59 Å². The monoisotopic (exact) mass is 148 g/mol. The van der Waals surface area contributed by atoms with Gasteiger partial charge in [0, 0.05) is 11.1 Å². The highest BCUT2D eigenvalue weighted by molar-refractivity contribution is 5.82. The van der Waals surface area contributed by atoms with Gasteiger partial charge in [-0.2, -0.15) is 0 Å². The van der Waals surface area contributed by atoms with Gasteiger partial charge in [0.25, 0.3) is 0 Å². The summed E-state index contributed by atoms with van der Waals surface area (Å²) >= 11 is 0. The van der Waals surface area contributed by atoms with Gasteiger partial charge < -0.3 is 0 Å². The predicted molar refractivity (Wildman–Crippen MR) is 42.0 cm³/mol. The Morgan fingerprint density at radius 2 is 1.45 bits per heavy atom. The smallest absolute Gasteiger partial charge is 0.150 e. The first-order valence-corrected chi connectivity index (χ1v) is 3.28. The Morgan fingerprint density at radius 3 is 1.82 bits per heavy atom. The van der Waals surface area contributed by atoms with E-state index in [1.54, 1.807) is 18.2 Å². The van der Waals surface area contributed by atoms with Crippen LogP contribution in [0.25, 0.3) is 0 Å². The van der Waals surface area contributed by atoms with Crippen molar-refractivity contribution in [3.63, 3.8) is 0 Å². The molecule has 0 aromatic heterocycles. The van der Waals surface area contributed by atoms with Crippen molar-refractivity contribution >= 4 is 12.6 Å². The number of hydrogen-bond acceptors (Lipinski definition) is 2. The third-order valence-corrected chi connectivity index (χ3v) is 1.39. The Labute approximate surface area is 64.8 Å². The van der Waals surface area contributed by atoms with Crippen LogP contribution in [0.1, 0.15) is 26.3 Å². The standard InChI is InChI=1S/C9H8O2/c1-7-2-8(5-10)4-9(3-7)6-11/h2-6H,1H3. The van der Waals surface area contributed by atoms with Crippen LogP contribution in [0.15, 0.2) is 18.2 Å². The summed E-state index contributed by atoms with van der Waals surface area (Å²) in [7, 11) is 0. The molecule has 0 saturated carbocycles. The minimum absolute atomic E-state index is 0.548. The molecule has 56 valence electrons. The van der Waals surface area contributed by atoms with E-state index in [4.69, 9.17) is 0 Å². The highest BCUT2D eigenvalue weighted by Gasteiger charge is 1.95. The molecular formula is C9H8O2. The molecule has 0 bridgehead atoms.